The van der Waals surface area contributed by atoms with Crippen LogP contribution in [0.25, 0.3) is 0 Å². The SMILES string of the molecule is C[C@H](N)c1ccc(Oc2ccc([N+](=O)[O-])c(F)c2)cc1. The van der Waals surface area contributed by atoms with Crippen molar-refractivity contribution in [3.05, 3.63) is 64.0 Å². The number of halogens is 1. The first kappa shape index (κ1) is 14.0. The maximum absolute atomic E-state index is 13.4. The summed E-state index contributed by atoms with van der Waals surface area (Å²) in [6.07, 6.45) is 0. The molecule has 0 heterocycles. The molecule has 0 fully saturated rings. The molecule has 0 unspecified atom stereocenters. The second-order valence-electron chi connectivity index (χ2n) is 4.33. The highest BCUT2D eigenvalue weighted by Gasteiger charge is 2.14. The van der Waals surface area contributed by atoms with Gasteiger partial charge in [-0.3, -0.25) is 10.1 Å². The summed E-state index contributed by atoms with van der Waals surface area (Å²) in [5, 5.41) is 10.5. The predicted molar refractivity (Wildman–Crippen MR) is 72.2 cm³/mol. The van der Waals surface area contributed by atoms with E-state index < -0.39 is 16.4 Å². The molecule has 0 bridgehead atoms. The largest absolute Gasteiger partial charge is 0.457 e. The molecule has 0 spiro atoms. The number of hydrogen-bond acceptors (Lipinski definition) is 4. The number of ether oxygens (including phenoxy) is 1. The fourth-order valence-corrected chi connectivity index (χ4v) is 1.67. The molecule has 0 amide bonds. The second-order valence-corrected chi connectivity index (χ2v) is 4.33. The van der Waals surface area contributed by atoms with E-state index in [-0.39, 0.29) is 11.8 Å². The molecular weight excluding hydrogens is 263 g/mol. The fraction of sp³-hybridized carbons (Fsp3) is 0.143. The Kier molecular flexibility index (Phi) is 3.95. The van der Waals surface area contributed by atoms with E-state index in [2.05, 4.69) is 0 Å². The van der Waals surface area contributed by atoms with Crippen LogP contribution in [0.15, 0.2) is 42.5 Å². The van der Waals surface area contributed by atoms with Crippen LogP contribution in [0.5, 0.6) is 11.5 Å². The van der Waals surface area contributed by atoms with Gasteiger partial charge in [-0.25, -0.2) is 0 Å². The van der Waals surface area contributed by atoms with Gasteiger partial charge in [0, 0.05) is 18.2 Å². The first-order valence-electron chi connectivity index (χ1n) is 5.94. The number of nitro groups is 1. The monoisotopic (exact) mass is 276 g/mol. The Labute approximate surface area is 114 Å². The molecule has 0 aliphatic carbocycles. The first-order valence-corrected chi connectivity index (χ1v) is 5.94. The Bertz CT molecular complexity index is 627. The van der Waals surface area contributed by atoms with Gasteiger partial charge >= 0.3 is 5.69 Å². The topological polar surface area (TPSA) is 78.4 Å². The molecule has 0 radical (unpaired) electrons. The van der Waals surface area contributed by atoms with E-state index in [1.807, 2.05) is 19.1 Å². The number of benzene rings is 2. The molecule has 1 atom stereocenters. The average Bonchev–Trinajstić information content (AvgIpc) is 2.39. The van der Waals surface area contributed by atoms with Crippen molar-refractivity contribution in [2.75, 3.05) is 0 Å². The maximum Gasteiger partial charge on any atom is 0.305 e. The summed E-state index contributed by atoms with van der Waals surface area (Å²) >= 11 is 0. The zero-order chi connectivity index (χ0) is 14.7. The van der Waals surface area contributed by atoms with Crippen LogP contribution in [-0.4, -0.2) is 4.92 Å². The Morgan fingerprint density at radius 2 is 1.80 bits per heavy atom. The smallest absolute Gasteiger partial charge is 0.305 e. The first-order chi connectivity index (χ1) is 9.47. The quantitative estimate of drug-likeness (QED) is 0.684. The lowest BCUT2D eigenvalue weighted by molar-refractivity contribution is -0.387. The molecule has 2 aromatic rings. The van der Waals surface area contributed by atoms with E-state index in [4.69, 9.17) is 10.5 Å². The Morgan fingerprint density at radius 1 is 1.20 bits per heavy atom. The summed E-state index contributed by atoms with van der Waals surface area (Å²) in [4.78, 5) is 9.72. The highest BCUT2D eigenvalue weighted by atomic mass is 19.1. The molecule has 6 heteroatoms. The van der Waals surface area contributed by atoms with Gasteiger partial charge in [-0.2, -0.15) is 4.39 Å². The van der Waals surface area contributed by atoms with Gasteiger partial charge in [0.25, 0.3) is 0 Å². The lowest BCUT2D eigenvalue weighted by Crippen LogP contribution is -2.04. The normalized spacial score (nSPS) is 11.9. The van der Waals surface area contributed by atoms with Crippen LogP contribution < -0.4 is 10.5 Å². The molecule has 0 saturated heterocycles. The molecule has 0 aromatic heterocycles. The highest BCUT2D eigenvalue weighted by molar-refractivity contribution is 5.40. The van der Waals surface area contributed by atoms with Crippen molar-refractivity contribution in [1.29, 1.82) is 0 Å². The minimum absolute atomic E-state index is 0.0825. The van der Waals surface area contributed by atoms with Crippen LogP contribution in [0.4, 0.5) is 10.1 Å². The van der Waals surface area contributed by atoms with Gasteiger partial charge in [0.05, 0.1) is 4.92 Å². The van der Waals surface area contributed by atoms with Gasteiger partial charge in [0.1, 0.15) is 11.5 Å². The summed E-state index contributed by atoms with van der Waals surface area (Å²) < 4.78 is 18.9. The molecule has 104 valence electrons. The third kappa shape index (κ3) is 3.10. The van der Waals surface area contributed by atoms with Gasteiger partial charge in [0.15, 0.2) is 0 Å². The van der Waals surface area contributed by atoms with Crippen molar-refractivity contribution in [2.45, 2.75) is 13.0 Å². The van der Waals surface area contributed by atoms with E-state index in [0.29, 0.717) is 5.75 Å². The van der Waals surface area contributed by atoms with Crippen LogP contribution in [0.2, 0.25) is 0 Å². The molecule has 5 nitrogen and oxygen atoms in total. The van der Waals surface area contributed by atoms with E-state index >= 15 is 0 Å². The molecule has 2 N–H and O–H groups in total. The van der Waals surface area contributed by atoms with Gasteiger partial charge in [-0.1, -0.05) is 12.1 Å². The minimum Gasteiger partial charge on any atom is -0.457 e. The van der Waals surface area contributed by atoms with Crippen molar-refractivity contribution >= 4 is 5.69 Å². The second kappa shape index (κ2) is 5.66. The third-order valence-electron chi connectivity index (χ3n) is 2.76. The lowest BCUT2D eigenvalue weighted by atomic mass is 10.1. The molecule has 0 saturated carbocycles. The van der Waals surface area contributed by atoms with Crippen LogP contribution in [0.3, 0.4) is 0 Å². The van der Waals surface area contributed by atoms with Crippen molar-refractivity contribution in [2.24, 2.45) is 5.73 Å². The van der Waals surface area contributed by atoms with E-state index in [0.717, 1.165) is 17.7 Å². The zero-order valence-corrected chi connectivity index (χ0v) is 10.7. The highest BCUT2D eigenvalue weighted by Crippen LogP contribution is 2.27. The summed E-state index contributed by atoms with van der Waals surface area (Å²) in [6.45, 7) is 1.86. The van der Waals surface area contributed by atoms with Crippen molar-refractivity contribution in [3.8, 4) is 11.5 Å². The third-order valence-corrected chi connectivity index (χ3v) is 2.76. The Morgan fingerprint density at radius 3 is 2.30 bits per heavy atom. The van der Waals surface area contributed by atoms with Crippen LogP contribution >= 0.6 is 0 Å². The van der Waals surface area contributed by atoms with Crippen LogP contribution in [0, 0.1) is 15.9 Å². The van der Waals surface area contributed by atoms with Crippen molar-refractivity contribution < 1.29 is 14.1 Å². The van der Waals surface area contributed by atoms with E-state index in [1.165, 1.54) is 6.07 Å². The average molecular weight is 276 g/mol. The van der Waals surface area contributed by atoms with Gasteiger partial charge in [0.2, 0.25) is 5.82 Å². The minimum atomic E-state index is -0.931. The molecule has 0 aliphatic heterocycles. The molecule has 2 aromatic carbocycles. The molecule has 2 rings (SSSR count). The van der Waals surface area contributed by atoms with E-state index in [9.17, 15) is 14.5 Å². The Hall–Kier alpha value is -2.47. The summed E-state index contributed by atoms with van der Waals surface area (Å²) in [7, 11) is 0. The summed E-state index contributed by atoms with van der Waals surface area (Å²) in [5.74, 6) is -0.232. The van der Waals surface area contributed by atoms with Gasteiger partial charge < -0.3 is 10.5 Å². The number of nitrogens with zero attached hydrogens (tertiary/aromatic N) is 1. The molecule has 0 aliphatic rings. The summed E-state index contributed by atoms with van der Waals surface area (Å²) in [5.41, 5.74) is 6.10. The number of nitrogens with two attached hydrogens (primary N) is 1. The standard InChI is InChI=1S/C14H13FN2O3/c1-9(16)10-2-4-11(5-3-10)20-12-6-7-14(17(18)19)13(15)8-12/h2-9H,16H2,1H3/t9-/m0/s1. The summed E-state index contributed by atoms with van der Waals surface area (Å²) in [6, 6.07) is 10.3. The molecule has 20 heavy (non-hydrogen) atoms. The predicted octanol–water partition coefficient (Wildman–Crippen LogP) is 3.55. The van der Waals surface area contributed by atoms with Crippen molar-refractivity contribution in [1.82, 2.24) is 0 Å². The van der Waals surface area contributed by atoms with Crippen LogP contribution in [0.1, 0.15) is 18.5 Å². The zero-order valence-electron chi connectivity index (χ0n) is 10.7. The lowest BCUT2D eigenvalue weighted by Gasteiger charge is -2.08. The number of rotatable bonds is 4. The van der Waals surface area contributed by atoms with Gasteiger partial charge in [-0.05, 0) is 30.7 Å². The number of hydrogen-bond donors (Lipinski definition) is 1. The van der Waals surface area contributed by atoms with Crippen LogP contribution in [-0.2, 0) is 0 Å². The molecular formula is C14H13FN2O3. The Balaban J connectivity index is 2.17. The van der Waals surface area contributed by atoms with E-state index in [1.54, 1.807) is 12.1 Å². The fourth-order valence-electron chi connectivity index (χ4n) is 1.67. The number of nitro benzene ring substituents is 1. The van der Waals surface area contributed by atoms with Gasteiger partial charge in [-0.15, -0.1) is 0 Å². The van der Waals surface area contributed by atoms with Crippen molar-refractivity contribution in [3.63, 3.8) is 0 Å². The maximum atomic E-state index is 13.4.